The van der Waals surface area contributed by atoms with Crippen LogP contribution in [0.4, 0.5) is 9.18 Å². The summed E-state index contributed by atoms with van der Waals surface area (Å²) in [6.07, 6.45) is 2.42. The number of hydrogen-bond acceptors (Lipinski definition) is 3. The van der Waals surface area contributed by atoms with Crippen LogP contribution >= 0.6 is 0 Å². The standard InChI is InChI=1S/C20H23FN2O3/c21-17-3-5-18(6-4-17)25-12-1-10-22-20(24)23-11-8-15-2-7-19-16(14-15)9-13-26-19/h2-7,14H,1,8-13H2,(H2,22,23,24). The van der Waals surface area contributed by atoms with E-state index >= 15 is 0 Å². The monoisotopic (exact) mass is 358 g/mol. The average Bonchev–Trinajstić information content (AvgIpc) is 3.11. The largest absolute Gasteiger partial charge is 0.494 e. The lowest BCUT2D eigenvalue weighted by atomic mass is 10.1. The highest BCUT2D eigenvalue weighted by Gasteiger charge is 2.11. The molecule has 2 aromatic rings. The van der Waals surface area contributed by atoms with Crippen molar-refractivity contribution < 1.29 is 18.7 Å². The van der Waals surface area contributed by atoms with Gasteiger partial charge in [-0.15, -0.1) is 0 Å². The second-order valence-corrected chi connectivity index (χ2v) is 6.13. The molecule has 1 aliphatic rings. The Labute approximate surface area is 152 Å². The molecule has 0 fully saturated rings. The third kappa shape index (κ3) is 5.37. The van der Waals surface area contributed by atoms with Crippen LogP contribution in [0.3, 0.4) is 0 Å². The molecular formula is C20H23FN2O3. The van der Waals surface area contributed by atoms with Gasteiger partial charge in [0.15, 0.2) is 0 Å². The lowest BCUT2D eigenvalue weighted by molar-refractivity contribution is 0.239. The van der Waals surface area contributed by atoms with E-state index in [-0.39, 0.29) is 11.8 Å². The highest BCUT2D eigenvalue weighted by molar-refractivity contribution is 5.73. The molecule has 1 aliphatic heterocycles. The Morgan fingerprint density at radius 2 is 1.92 bits per heavy atom. The summed E-state index contributed by atoms with van der Waals surface area (Å²) in [6.45, 7) is 2.31. The van der Waals surface area contributed by atoms with Crippen molar-refractivity contribution in [2.24, 2.45) is 0 Å². The maximum Gasteiger partial charge on any atom is 0.314 e. The number of ether oxygens (including phenoxy) is 2. The van der Waals surface area contributed by atoms with Gasteiger partial charge in [0.1, 0.15) is 17.3 Å². The fourth-order valence-corrected chi connectivity index (χ4v) is 2.77. The molecule has 6 heteroatoms. The molecule has 138 valence electrons. The van der Waals surface area contributed by atoms with Gasteiger partial charge in [0.2, 0.25) is 0 Å². The van der Waals surface area contributed by atoms with Gasteiger partial charge in [0.05, 0.1) is 13.2 Å². The van der Waals surface area contributed by atoms with Gasteiger partial charge >= 0.3 is 6.03 Å². The fourth-order valence-electron chi connectivity index (χ4n) is 2.77. The van der Waals surface area contributed by atoms with Crippen molar-refractivity contribution in [1.29, 1.82) is 0 Å². The average molecular weight is 358 g/mol. The van der Waals surface area contributed by atoms with Gasteiger partial charge < -0.3 is 20.1 Å². The van der Waals surface area contributed by atoms with Crippen LogP contribution in [-0.4, -0.2) is 32.3 Å². The number of urea groups is 1. The summed E-state index contributed by atoms with van der Waals surface area (Å²) in [7, 11) is 0. The molecule has 2 amide bonds. The maximum absolute atomic E-state index is 12.8. The number of carbonyl (C=O) groups excluding carboxylic acids is 1. The second-order valence-electron chi connectivity index (χ2n) is 6.13. The van der Waals surface area contributed by atoms with Crippen molar-refractivity contribution in [2.45, 2.75) is 19.3 Å². The van der Waals surface area contributed by atoms with E-state index in [1.54, 1.807) is 12.1 Å². The Bertz CT molecular complexity index is 734. The lowest BCUT2D eigenvalue weighted by Gasteiger charge is -2.09. The number of fused-ring (bicyclic) bond motifs is 1. The van der Waals surface area contributed by atoms with E-state index in [1.807, 2.05) is 12.1 Å². The minimum Gasteiger partial charge on any atom is -0.494 e. The molecule has 0 spiro atoms. The van der Waals surface area contributed by atoms with Gasteiger partial charge in [-0.3, -0.25) is 0 Å². The summed E-state index contributed by atoms with van der Waals surface area (Å²) in [4.78, 5) is 11.8. The van der Waals surface area contributed by atoms with Crippen LogP contribution in [0.25, 0.3) is 0 Å². The molecule has 0 radical (unpaired) electrons. The van der Waals surface area contributed by atoms with Crippen LogP contribution in [0.2, 0.25) is 0 Å². The topological polar surface area (TPSA) is 59.6 Å². The van der Waals surface area contributed by atoms with Crippen LogP contribution < -0.4 is 20.1 Å². The number of nitrogens with one attached hydrogen (secondary N) is 2. The Hall–Kier alpha value is -2.76. The Kier molecular flexibility index (Phi) is 6.30. The zero-order chi connectivity index (χ0) is 18.2. The lowest BCUT2D eigenvalue weighted by Crippen LogP contribution is -2.37. The molecule has 1 heterocycles. The minimum atomic E-state index is -0.288. The van der Waals surface area contributed by atoms with Crippen LogP contribution in [0.1, 0.15) is 17.5 Å². The van der Waals surface area contributed by atoms with Crippen molar-refractivity contribution in [3.63, 3.8) is 0 Å². The number of halogens is 1. The zero-order valence-electron chi connectivity index (χ0n) is 14.6. The minimum absolute atomic E-state index is 0.184. The van der Waals surface area contributed by atoms with Crippen molar-refractivity contribution in [3.05, 3.63) is 59.4 Å². The summed E-state index contributed by atoms with van der Waals surface area (Å²) in [5.74, 6) is 1.31. The SMILES string of the molecule is O=C(NCCCOc1ccc(F)cc1)NCCc1ccc2c(c1)CCO2. The molecule has 2 aromatic carbocycles. The van der Waals surface area contributed by atoms with Gasteiger partial charge in [-0.25, -0.2) is 9.18 Å². The molecule has 5 nitrogen and oxygen atoms in total. The quantitative estimate of drug-likeness (QED) is 0.713. The van der Waals surface area contributed by atoms with Crippen LogP contribution in [0.15, 0.2) is 42.5 Å². The first-order valence-corrected chi connectivity index (χ1v) is 8.85. The van der Waals surface area contributed by atoms with Gasteiger partial charge in [-0.05, 0) is 54.3 Å². The zero-order valence-corrected chi connectivity index (χ0v) is 14.6. The van der Waals surface area contributed by atoms with Gasteiger partial charge in [0.25, 0.3) is 0 Å². The van der Waals surface area contributed by atoms with E-state index in [9.17, 15) is 9.18 Å². The molecule has 0 saturated carbocycles. The summed E-state index contributed by atoms with van der Waals surface area (Å²) < 4.78 is 23.7. The molecule has 0 bridgehead atoms. The smallest absolute Gasteiger partial charge is 0.314 e. The molecule has 26 heavy (non-hydrogen) atoms. The number of amides is 2. The van der Waals surface area contributed by atoms with Gasteiger partial charge in [-0.2, -0.15) is 0 Å². The predicted molar refractivity (Wildman–Crippen MR) is 97.3 cm³/mol. The van der Waals surface area contributed by atoms with Gasteiger partial charge in [-0.1, -0.05) is 12.1 Å². The molecule has 2 N–H and O–H groups in total. The third-order valence-corrected chi connectivity index (χ3v) is 4.14. The van der Waals surface area contributed by atoms with E-state index < -0.39 is 0 Å². The molecule has 3 rings (SSSR count). The summed E-state index contributed by atoms with van der Waals surface area (Å²) in [5, 5.41) is 5.65. The Balaban J connectivity index is 1.25. The molecule has 0 aromatic heterocycles. The Morgan fingerprint density at radius 3 is 2.77 bits per heavy atom. The molecular weight excluding hydrogens is 335 g/mol. The van der Waals surface area contributed by atoms with Crippen molar-refractivity contribution in [2.75, 3.05) is 26.3 Å². The van der Waals surface area contributed by atoms with E-state index in [0.29, 0.717) is 31.9 Å². The van der Waals surface area contributed by atoms with Crippen LogP contribution in [-0.2, 0) is 12.8 Å². The molecule has 0 unspecified atom stereocenters. The normalized spacial score (nSPS) is 12.2. The van der Waals surface area contributed by atoms with Crippen LogP contribution in [0, 0.1) is 5.82 Å². The van der Waals surface area contributed by atoms with Crippen molar-refractivity contribution in [3.8, 4) is 11.5 Å². The van der Waals surface area contributed by atoms with Crippen molar-refractivity contribution in [1.82, 2.24) is 10.6 Å². The second kappa shape index (κ2) is 9.08. The first kappa shape index (κ1) is 18.0. The Morgan fingerprint density at radius 1 is 1.12 bits per heavy atom. The van der Waals surface area contributed by atoms with E-state index in [2.05, 4.69) is 16.7 Å². The molecule has 0 aliphatic carbocycles. The first-order chi connectivity index (χ1) is 12.7. The number of hydrogen-bond donors (Lipinski definition) is 2. The van der Waals surface area contributed by atoms with Gasteiger partial charge in [0, 0.05) is 19.5 Å². The van der Waals surface area contributed by atoms with E-state index in [4.69, 9.17) is 9.47 Å². The number of carbonyl (C=O) groups is 1. The number of benzene rings is 2. The fraction of sp³-hybridized carbons (Fsp3) is 0.350. The maximum atomic E-state index is 12.8. The van der Waals surface area contributed by atoms with E-state index in [0.717, 1.165) is 25.2 Å². The molecule has 0 saturated heterocycles. The summed E-state index contributed by atoms with van der Waals surface area (Å²) in [5.41, 5.74) is 2.44. The van der Waals surface area contributed by atoms with Crippen molar-refractivity contribution >= 4 is 6.03 Å². The van der Waals surface area contributed by atoms with E-state index in [1.165, 1.54) is 23.3 Å². The number of rotatable bonds is 8. The highest BCUT2D eigenvalue weighted by atomic mass is 19.1. The summed E-state index contributed by atoms with van der Waals surface area (Å²) >= 11 is 0. The summed E-state index contributed by atoms with van der Waals surface area (Å²) in [6, 6.07) is 11.9. The van der Waals surface area contributed by atoms with Crippen LogP contribution in [0.5, 0.6) is 11.5 Å². The predicted octanol–water partition coefficient (Wildman–Crippen LogP) is 3.07. The first-order valence-electron chi connectivity index (χ1n) is 8.85. The highest BCUT2D eigenvalue weighted by Crippen LogP contribution is 2.25. The third-order valence-electron chi connectivity index (χ3n) is 4.14. The molecule has 0 atom stereocenters.